The molecular weight excluding hydrogens is 240 g/mol. The first kappa shape index (κ1) is 13.8. The van der Waals surface area contributed by atoms with E-state index in [2.05, 4.69) is 23.7 Å². The maximum Gasteiger partial charge on any atom is 0.339 e. The van der Waals surface area contributed by atoms with E-state index in [0.717, 1.165) is 31.6 Å². The summed E-state index contributed by atoms with van der Waals surface area (Å²) in [5.74, 6) is -0.897. The summed E-state index contributed by atoms with van der Waals surface area (Å²) < 4.78 is 0. The second-order valence-electron chi connectivity index (χ2n) is 5.39. The Morgan fingerprint density at radius 1 is 1.37 bits per heavy atom. The van der Waals surface area contributed by atoms with Crippen LogP contribution in [0.2, 0.25) is 0 Å². The number of pyridine rings is 1. The van der Waals surface area contributed by atoms with Gasteiger partial charge in [0.2, 0.25) is 0 Å². The number of hydrogen-bond acceptors (Lipinski definition) is 3. The van der Waals surface area contributed by atoms with Crippen molar-refractivity contribution >= 4 is 11.7 Å². The lowest BCUT2D eigenvalue weighted by atomic mass is 9.74. The molecule has 0 unspecified atom stereocenters. The molecule has 1 aliphatic heterocycles. The number of carboxylic acid groups (broad SMARTS) is 1. The van der Waals surface area contributed by atoms with Gasteiger partial charge < -0.3 is 10.0 Å². The van der Waals surface area contributed by atoms with Gasteiger partial charge in [0, 0.05) is 25.5 Å². The maximum atomic E-state index is 11.2. The van der Waals surface area contributed by atoms with Gasteiger partial charge in [-0.05, 0) is 24.3 Å². The van der Waals surface area contributed by atoms with Gasteiger partial charge in [0.05, 0.1) is 5.69 Å². The van der Waals surface area contributed by atoms with Crippen molar-refractivity contribution in [3.63, 3.8) is 0 Å². The number of nitrogens with zero attached hydrogens (tertiary/aromatic N) is 2. The monoisotopic (exact) mass is 262 g/mol. The van der Waals surface area contributed by atoms with E-state index in [9.17, 15) is 9.90 Å². The highest BCUT2D eigenvalue weighted by atomic mass is 16.4. The lowest BCUT2D eigenvalue weighted by molar-refractivity contribution is 0.0697. The van der Waals surface area contributed by atoms with Gasteiger partial charge in [-0.3, -0.25) is 4.98 Å². The Labute approximate surface area is 114 Å². The molecule has 0 aliphatic carbocycles. The van der Waals surface area contributed by atoms with E-state index in [1.165, 1.54) is 19.0 Å². The van der Waals surface area contributed by atoms with Crippen LogP contribution >= 0.6 is 0 Å². The molecule has 4 heteroatoms. The van der Waals surface area contributed by atoms with Gasteiger partial charge >= 0.3 is 5.97 Å². The highest BCUT2D eigenvalue weighted by Crippen LogP contribution is 2.39. The number of rotatable bonds is 4. The van der Waals surface area contributed by atoms with Crippen molar-refractivity contribution < 1.29 is 9.90 Å². The summed E-state index contributed by atoms with van der Waals surface area (Å²) >= 11 is 0. The van der Waals surface area contributed by atoms with Gasteiger partial charge in [-0.1, -0.05) is 26.7 Å². The van der Waals surface area contributed by atoms with Crippen LogP contribution in [0.25, 0.3) is 0 Å². The summed E-state index contributed by atoms with van der Waals surface area (Å²) in [6.45, 7) is 6.39. The quantitative estimate of drug-likeness (QED) is 0.905. The Balaban J connectivity index is 2.16. The Kier molecular flexibility index (Phi) is 4.08. The van der Waals surface area contributed by atoms with Crippen LogP contribution in [0.3, 0.4) is 0 Å². The lowest BCUT2D eigenvalue weighted by Gasteiger charge is -2.42. The fourth-order valence-electron chi connectivity index (χ4n) is 3.01. The standard InChI is InChI=1S/C15H22N2O2/c1-3-15(4-2)6-9-17(10-7-15)13-5-8-16-11-12(13)14(18)19/h5,8,11H,3-4,6-7,9-10H2,1-2H3,(H,18,19). The summed E-state index contributed by atoms with van der Waals surface area (Å²) in [5, 5.41) is 9.22. The fourth-order valence-corrected chi connectivity index (χ4v) is 3.01. The molecule has 2 rings (SSSR count). The molecular formula is C15H22N2O2. The number of anilines is 1. The second-order valence-corrected chi connectivity index (χ2v) is 5.39. The molecule has 0 amide bonds. The maximum absolute atomic E-state index is 11.2. The second kappa shape index (κ2) is 5.59. The summed E-state index contributed by atoms with van der Waals surface area (Å²) in [4.78, 5) is 17.3. The Bertz CT molecular complexity index is 445. The Hall–Kier alpha value is -1.58. The smallest absolute Gasteiger partial charge is 0.339 e. The molecule has 0 bridgehead atoms. The molecule has 2 heterocycles. The van der Waals surface area contributed by atoms with Crippen LogP contribution in [0.4, 0.5) is 5.69 Å². The van der Waals surface area contributed by atoms with Crippen LogP contribution in [0.1, 0.15) is 49.9 Å². The molecule has 1 aromatic heterocycles. The molecule has 1 saturated heterocycles. The molecule has 1 aromatic rings. The van der Waals surface area contributed by atoms with Crippen LogP contribution in [0, 0.1) is 5.41 Å². The van der Waals surface area contributed by atoms with Crippen molar-refractivity contribution in [1.29, 1.82) is 0 Å². The number of carboxylic acids is 1. The molecule has 104 valence electrons. The van der Waals surface area contributed by atoms with Crippen molar-refractivity contribution in [1.82, 2.24) is 4.98 Å². The molecule has 1 fully saturated rings. The van der Waals surface area contributed by atoms with Crippen molar-refractivity contribution in [3.8, 4) is 0 Å². The largest absolute Gasteiger partial charge is 0.478 e. The van der Waals surface area contributed by atoms with E-state index < -0.39 is 5.97 Å². The minimum atomic E-state index is -0.897. The van der Waals surface area contributed by atoms with Gasteiger partial charge in [-0.15, -0.1) is 0 Å². The highest BCUT2D eigenvalue weighted by molar-refractivity contribution is 5.94. The van der Waals surface area contributed by atoms with Gasteiger partial charge in [0.15, 0.2) is 0 Å². The zero-order chi connectivity index (χ0) is 13.9. The first-order valence-electron chi connectivity index (χ1n) is 7.04. The fraction of sp³-hybridized carbons (Fsp3) is 0.600. The minimum absolute atomic E-state index is 0.308. The molecule has 0 saturated carbocycles. The normalized spacial score (nSPS) is 18.3. The molecule has 0 atom stereocenters. The van der Waals surface area contributed by atoms with Crippen LogP contribution in [-0.2, 0) is 0 Å². The van der Waals surface area contributed by atoms with Crippen molar-refractivity contribution in [2.75, 3.05) is 18.0 Å². The molecule has 0 spiro atoms. The van der Waals surface area contributed by atoms with Crippen LogP contribution < -0.4 is 4.90 Å². The first-order valence-corrected chi connectivity index (χ1v) is 7.04. The first-order chi connectivity index (χ1) is 9.12. The number of aromatic carboxylic acids is 1. The predicted molar refractivity (Wildman–Crippen MR) is 75.7 cm³/mol. The van der Waals surface area contributed by atoms with Crippen molar-refractivity contribution in [2.45, 2.75) is 39.5 Å². The van der Waals surface area contributed by atoms with Crippen LogP contribution in [0.15, 0.2) is 18.5 Å². The summed E-state index contributed by atoms with van der Waals surface area (Å²) in [6, 6.07) is 1.81. The molecule has 4 nitrogen and oxygen atoms in total. The minimum Gasteiger partial charge on any atom is -0.478 e. The number of aromatic nitrogens is 1. The number of piperidine rings is 1. The number of hydrogen-bond donors (Lipinski definition) is 1. The van der Waals surface area contributed by atoms with E-state index in [1.807, 2.05) is 6.07 Å². The summed E-state index contributed by atoms with van der Waals surface area (Å²) in [7, 11) is 0. The predicted octanol–water partition coefficient (Wildman–Crippen LogP) is 3.19. The van der Waals surface area contributed by atoms with Crippen molar-refractivity contribution in [3.05, 3.63) is 24.0 Å². The van der Waals surface area contributed by atoms with E-state index >= 15 is 0 Å². The lowest BCUT2D eigenvalue weighted by Crippen LogP contribution is -2.40. The van der Waals surface area contributed by atoms with E-state index in [1.54, 1.807) is 6.20 Å². The molecule has 19 heavy (non-hydrogen) atoms. The Morgan fingerprint density at radius 3 is 2.53 bits per heavy atom. The van der Waals surface area contributed by atoms with E-state index in [0.29, 0.717) is 11.0 Å². The van der Waals surface area contributed by atoms with E-state index in [-0.39, 0.29) is 0 Å². The summed E-state index contributed by atoms with van der Waals surface area (Å²) in [6.07, 6.45) is 7.81. The Morgan fingerprint density at radius 2 is 2.00 bits per heavy atom. The van der Waals surface area contributed by atoms with Gasteiger partial charge in [0.25, 0.3) is 0 Å². The molecule has 1 aliphatic rings. The number of carbonyl (C=O) groups is 1. The zero-order valence-electron chi connectivity index (χ0n) is 11.7. The van der Waals surface area contributed by atoms with Gasteiger partial charge in [-0.25, -0.2) is 4.79 Å². The average molecular weight is 262 g/mol. The topological polar surface area (TPSA) is 53.4 Å². The van der Waals surface area contributed by atoms with Gasteiger partial charge in [0.1, 0.15) is 5.56 Å². The van der Waals surface area contributed by atoms with Crippen molar-refractivity contribution in [2.24, 2.45) is 5.41 Å². The third kappa shape index (κ3) is 2.72. The van der Waals surface area contributed by atoms with Gasteiger partial charge in [-0.2, -0.15) is 0 Å². The molecule has 0 aromatic carbocycles. The van der Waals surface area contributed by atoms with Crippen LogP contribution in [-0.4, -0.2) is 29.1 Å². The SMILES string of the molecule is CCC1(CC)CCN(c2ccncc2C(=O)O)CC1. The molecule has 0 radical (unpaired) electrons. The molecule has 1 N–H and O–H groups in total. The average Bonchev–Trinajstić information content (AvgIpc) is 2.47. The third-order valence-electron chi connectivity index (χ3n) is 4.69. The summed E-state index contributed by atoms with van der Waals surface area (Å²) in [5.41, 5.74) is 1.57. The van der Waals surface area contributed by atoms with E-state index in [4.69, 9.17) is 0 Å². The van der Waals surface area contributed by atoms with Crippen LogP contribution in [0.5, 0.6) is 0 Å². The third-order valence-corrected chi connectivity index (χ3v) is 4.69. The highest BCUT2D eigenvalue weighted by Gasteiger charge is 2.32. The zero-order valence-corrected chi connectivity index (χ0v) is 11.7.